The van der Waals surface area contributed by atoms with Crippen LogP contribution in [0.3, 0.4) is 0 Å². The van der Waals surface area contributed by atoms with E-state index in [-0.39, 0.29) is 0 Å². The summed E-state index contributed by atoms with van der Waals surface area (Å²) in [6.07, 6.45) is 7.88. The Kier molecular flexibility index (Phi) is 4.82. The molecule has 0 spiro atoms. The molecule has 2 aromatic carbocycles. The molecule has 4 rings (SSSR count). The van der Waals surface area contributed by atoms with Crippen molar-refractivity contribution in [2.24, 2.45) is 0 Å². The summed E-state index contributed by atoms with van der Waals surface area (Å²) < 4.78 is 7.92. The van der Waals surface area contributed by atoms with Crippen molar-refractivity contribution in [3.8, 4) is 11.6 Å². The van der Waals surface area contributed by atoms with Crippen molar-refractivity contribution < 1.29 is 4.74 Å². The van der Waals surface area contributed by atoms with E-state index in [0.29, 0.717) is 23.1 Å². The van der Waals surface area contributed by atoms with Crippen molar-refractivity contribution in [1.82, 2.24) is 19.5 Å². The number of nitrogens with one attached hydrogen (secondary N) is 1. The molecular formula is C20H20N6O. The molecule has 2 aromatic heterocycles. The molecule has 2 heterocycles. The molecule has 0 unspecified atom stereocenters. The van der Waals surface area contributed by atoms with Gasteiger partial charge in [0.05, 0.1) is 6.33 Å². The molecule has 0 aliphatic heterocycles. The van der Waals surface area contributed by atoms with Crippen LogP contribution in [0.1, 0.15) is 6.42 Å². The standard InChI is InChI=1S/C20H20N6O/c21-18-19(23-8-3-10-26-11-9-22-14-26)24-13-25-20(18)27-17-7-6-15-4-1-2-5-16(15)12-17/h1-2,4-7,9,11-14H,3,8,10,21H2,(H,23,24,25). The molecule has 0 saturated heterocycles. The fourth-order valence-electron chi connectivity index (χ4n) is 2.83. The van der Waals surface area contributed by atoms with Gasteiger partial charge in [0, 0.05) is 25.5 Å². The maximum absolute atomic E-state index is 6.19. The Hall–Kier alpha value is -3.61. The van der Waals surface area contributed by atoms with Crippen LogP contribution in [0, 0.1) is 0 Å². The lowest BCUT2D eigenvalue weighted by Gasteiger charge is -2.12. The predicted octanol–water partition coefficient (Wildman–Crippen LogP) is 3.70. The van der Waals surface area contributed by atoms with Crippen LogP contribution in [0.5, 0.6) is 11.6 Å². The largest absolute Gasteiger partial charge is 0.437 e. The third-order valence-corrected chi connectivity index (χ3v) is 4.23. The average molecular weight is 360 g/mol. The number of anilines is 2. The van der Waals surface area contributed by atoms with Gasteiger partial charge in [-0.2, -0.15) is 4.98 Å². The van der Waals surface area contributed by atoms with Crippen molar-refractivity contribution in [3.05, 3.63) is 67.5 Å². The number of imidazole rings is 1. The first-order valence-corrected chi connectivity index (χ1v) is 8.76. The van der Waals surface area contributed by atoms with Gasteiger partial charge >= 0.3 is 0 Å². The van der Waals surface area contributed by atoms with Gasteiger partial charge in [-0.25, -0.2) is 9.97 Å². The van der Waals surface area contributed by atoms with Gasteiger partial charge in [-0.15, -0.1) is 0 Å². The van der Waals surface area contributed by atoms with Crippen LogP contribution in [-0.4, -0.2) is 26.1 Å². The molecule has 0 fully saturated rings. The van der Waals surface area contributed by atoms with Gasteiger partial charge in [0.25, 0.3) is 0 Å². The third-order valence-electron chi connectivity index (χ3n) is 4.23. The summed E-state index contributed by atoms with van der Waals surface area (Å²) in [5, 5.41) is 5.49. The number of aryl methyl sites for hydroxylation is 1. The van der Waals surface area contributed by atoms with Crippen LogP contribution < -0.4 is 15.8 Å². The maximum Gasteiger partial charge on any atom is 0.248 e. The molecule has 0 amide bonds. The summed E-state index contributed by atoms with van der Waals surface area (Å²) in [4.78, 5) is 12.4. The molecule has 4 aromatic rings. The zero-order valence-corrected chi connectivity index (χ0v) is 14.7. The Morgan fingerprint density at radius 2 is 1.96 bits per heavy atom. The number of nitrogens with two attached hydrogens (primary N) is 1. The Bertz CT molecular complexity index is 1030. The molecule has 0 bridgehead atoms. The molecule has 0 saturated carbocycles. The number of aromatic nitrogens is 4. The fourth-order valence-corrected chi connectivity index (χ4v) is 2.83. The Balaban J connectivity index is 1.42. The number of hydrogen-bond donors (Lipinski definition) is 2. The Morgan fingerprint density at radius 1 is 1.07 bits per heavy atom. The normalized spacial score (nSPS) is 10.8. The van der Waals surface area contributed by atoms with Crippen LogP contribution in [0.4, 0.5) is 11.5 Å². The molecule has 0 aliphatic carbocycles. The summed E-state index contributed by atoms with van der Waals surface area (Å²) in [6.45, 7) is 1.60. The van der Waals surface area contributed by atoms with Crippen molar-refractivity contribution in [2.75, 3.05) is 17.6 Å². The Labute approximate surface area is 156 Å². The molecule has 27 heavy (non-hydrogen) atoms. The zero-order chi connectivity index (χ0) is 18.5. The topological polar surface area (TPSA) is 90.9 Å². The SMILES string of the molecule is Nc1c(NCCCn2ccnc2)ncnc1Oc1ccc2ccccc2c1. The number of rotatable bonds is 7. The van der Waals surface area contributed by atoms with Crippen molar-refractivity contribution in [3.63, 3.8) is 0 Å². The van der Waals surface area contributed by atoms with Crippen LogP contribution in [-0.2, 0) is 6.54 Å². The minimum Gasteiger partial charge on any atom is -0.437 e. The van der Waals surface area contributed by atoms with E-state index >= 15 is 0 Å². The molecule has 7 heteroatoms. The minimum absolute atomic E-state index is 0.345. The van der Waals surface area contributed by atoms with Crippen LogP contribution >= 0.6 is 0 Å². The lowest BCUT2D eigenvalue weighted by Crippen LogP contribution is -2.10. The van der Waals surface area contributed by atoms with Gasteiger partial charge in [-0.3, -0.25) is 0 Å². The van der Waals surface area contributed by atoms with Gasteiger partial charge in [-0.05, 0) is 29.3 Å². The van der Waals surface area contributed by atoms with Crippen molar-refractivity contribution in [2.45, 2.75) is 13.0 Å². The monoisotopic (exact) mass is 360 g/mol. The fraction of sp³-hybridized carbons (Fsp3) is 0.150. The van der Waals surface area contributed by atoms with Crippen LogP contribution in [0.2, 0.25) is 0 Å². The summed E-state index contributed by atoms with van der Waals surface area (Å²) in [5.41, 5.74) is 6.59. The molecule has 0 aliphatic rings. The quantitative estimate of drug-likeness (QED) is 0.488. The van der Waals surface area contributed by atoms with E-state index in [4.69, 9.17) is 10.5 Å². The van der Waals surface area contributed by atoms with E-state index in [2.05, 4.69) is 26.3 Å². The number of nitrogens with zero attached hydrogens (tertiary/aromatic N) is 4. The molecule has 3 N–H and O–H groups in total. The third kappa shape index (κ3) is 3.98. The van der Waals surface area contributed by atoms with Gasteiger partial charge in [-0.1, -0.05) is 30.3 Å². The molecular weight excluding hydrogens is 340 g/mol. The number of benzene rings is 2. The predicted molar refractivity (Wildman–Crippen MR) is 106 cm³/mol. The highest BCUT2D eigenvalue weighted by Gasteiger charge is 2.10. The number of ether oxygens (including phenoxy) is 1. The van der Waals surface area contributed by atoms with Gasteiger partial charge < -0.3 is 20.4 Å². The number of hydrogen-bond acceptors (Lipinski definition) is 6. The summed E-state index contributed by atoms with van der Waals surface area (Å²) in [7, 11) is 0. The highest BCUT2D eigenvalue weighted by Crippen LogP contribution is 2.30. The zero-order valence-electron chi connectivity index (χ0n) is 14.7. The first-order chi connectivity index (χ1) is 13.3. The second-order valence-electron chi connectivity index (χ2n) is 6.13. The van der Waals surface area contributed by atoms with Crippen molar-refractivity contribution >= 4 is 22.3 Å². The summed E-state index contributed by atoms with van der Waals surface area (Å²) in [5.74, 6) is 1.61. The van der Waals surface area contributed by atoms with E-state index in [1.807, 2.05) is 47.2 Å². The lowest BCUT2D eigenvalue weighted by molar-refractivity contribution is 0.465. The maximum atomic E-state index is 6.19. The van der Waals surface area contributed by atoms with E-state index < -0.39 is 0 Å². The molecule has 7 nitrogen and oxygen atoms in total. The van der Waals surface area contributed by atoms with E-state index in [9.17, 15) is 0 Å². The van der Waals surface area contributed by atoms with Gasteiger partial charge in [0.15, 0.2) is 5.82 Å². The summed E-state index contributed by atoms with van der Waals surface area (Å²) >= 11 is 0. The highest BCUT2D eigenvalue weighted by atomic mass is 16.5. The van der Waals surface area contributed by atoms with E-state index in [0.717, 1.165) is 30.3 Å². The first-order valence-electron chi connectivity index (χ1n) is 8.76. The van der Waals surface area contributed by atoms with E-state index in [1.54, 1.807) is 12.5 Å². The molecule has 0 radical (unpaired) electrons. The van der Waals surface area contributed by atoms with E-state index in [1.165, 1.54) is 6.33 Å². The van der Waals surface area contributed by atoms with Crippen LogP contribution in [0.25, 0.3) is 10.8 Å². The first kappa shape index (κ1) is 16.8. The Morgan fingerprint density at radius 3 is 2.81 bits per heavy atom. The molecule has 136 valence electrons. The number of fused-ring (bicyclic) bond motifs is 1. The lowest BCUT2D eigenvalue weighted by atomic mass is 10.1. The van der Waals surface area contributed by atoms with Crippen LogP contribution in [0.15, 0.2) is 67.5 Å². The van der Waals surface area contributed by atoms with Crippen molar-refractivity contribution in [1.29, 1.82) is 0 Å². The second kappa shape index (κ2) is 7.74. The van der Waals surface area contributed by atoms with Gasteiger partial charge in [0.2, 0.25) is 5.88 Å². The molecule has 0 atom stereocenters. The van der Waals surface area contributed by atoms with Gasteiger partial charge in [0.1, 0.15) is 17.8 Å². The number of nitrogen functional groups attached to an aromatic ring is 1. The second-order valence-corrected chi connectivity index (χ2v) is 6.13. The minimum atomic E-state index is 0.345. The highest BCUT2D eigenvalue weighted by molar-refractivity contribution is 5.83. The smallest absolute Gasteiger partial charge is 0.248 e. The summed E-state index contributed by atoms with van der Waals surface area (Å²) in [6, 6.07) is 14.0. The average Bonchev–Trinajstić information content (AvgIpc) is 3.21.